The molecule has 0 radical (unpaired) electrons. The summed E-state index contributed by atoms with van der Waals surface area (Å²) >= 11 is 4.64. The Kier molecular flexibility index (Phi) is 20.3. The molecule has 7 heteroatoms. The predicted molar refractivity (Wildman–Crippen MR) is 82.0 cm³/mol. The maximum atomic E-state index is 10.1. The van der Waals surface area contributed by atoms with Crippen LogP contribution >= 0.6 is 11.6 Å². The quantitative estimate of drug-likeness (QED) is 0.392. The summed E-state index contributed by atoms with van der Waals surface area (Å²) < 4.78 is 4.14. The molecule has 0 unspecified atom stereocenters. The van der Waals surface area contributed by atoms with E-state index >= 15 is 0 Å². The van der Waals surface area contributed by atoms with Gasteiger partial charge >= 0.3 is 5.97 Å². The summed E-state index contributed by atoms with van der Waals surface area (Å²) in [5.74, 6) is -0.380. The van der Waals surface area contributed by atoms with E-state index in [4.69, 9.17) is 5.73 Å². The van der Waals surface area contributed by atoms with Gasteiger partial charge in [0.25, 0.3) is 5.69 Å². The van der Waals surface area contributed by atoms with Crippen LogP contribution in [-0.4, -0.2) is 30.9 Å². The highest BCUT2D eigenvalue weighted by atomic mass is 35.5. The van der Waals surface area contributed by atoms with Crippen LogP contribution in [0.4, 0.5) is 5.69 Å². The number of benzene rings is 1. The number of hydrogen-bond acceptors (Lipinski definition) is 5. The van der Waals surface area contributed by atoms with Gasteiger partial charge in [-0.2, -0.15) is 0 Å². The number of non-ortho nitro benzene ring substituents is 1. The van der Waals surface area contributed by atoms with E-state index < -0.39 is 4.92 Å². The molecule has 0 aromatic heterocycles. The van der Waals surface area contributed by atoms with Gasteiger partial charge in [-0.05, 0) is 6.92 Å². The average Bonchev–Trinajstić information content (AvgIpc) is 2.51. The van der Waals surface area contributed by atoms with E-state index in [0.29, 0.717) is 0 Å². The third kappa shape index (κ3) is 14.4. The van der Waals surface area contributed by atoms with E-state index in [-0.39, 0.29) is 18.2 Å². The second kappa shape index (κ2) is 17.3. The minimum Gasteiger partial charge on any atom is -0.468 e. The number of halogens is 1. The van der Waals surface area contributed by atoms with Crippen molar-refractivity contribution in [2.24, 2.45) is 5.73 Å². The normalized spacial score (nSPS) is 7.55. The molecule has 0 atom stereocenters. The van der Waals surface area contributed by atoms with Crippen LogP contribution in [0.5, 0.6) is 0 Å². The first-order chi connectivity index (χ1) is 9.51. The van der Waals surface area contributed by atoms with Crippen molar-refractivity contribution in [2.45, 2.75) is 20.8 Å². The number of alkyl halides is 1. The Labute approximate surface area is 125 Å². The van der Waals surface area contributed by atoms with Crippen LogP contribution in [0.2, 0.25) is 0 Å². The van der Waals surface area contributed by atoms with Gasteiger partial charge in [0.15, 0.2) is 0 Å². The molecule has 0 spiro atoms. The van der Waals surface area contributed by atoms with Gasteiger partial charge in [0.1, 0.15) is 0 Å². The molecule has 2 N–H and O–H groups in total. The Balaban J connectivity index is -0.000000250. The van der Waals surface area contributed by atoms with Gasteiger partial charge in [0.2, 0.25) is 0 Å². The van der Waals surface area contributed by atoms with Gasteiger partial charge in [-0.1, -0.05) is 31.5 Å². The van der Waals surface area contributed by atoms with Gasteiger partial charge in [-0.3, -0.25) is 14.9 Å². The molecule has 0 amide bonds. The van der Waals surface area contributed by atoms with E-state index in [1.165, 1.54) is 25.6 Å². The van der Waals surface area contributed by atoms with Crippen LogP contribution in [0.15, 0.2) is 24.3 Å². The molecule has 6 nitrogen and oxygen atoms in total. The highest BCUT2D eigenvalue weighted by Gasteiger charge is 2.00. The lowest BCUT2D eigenvalue weighted by atomic mass is 10.2. The number of aryl methyl sites for hydroxylation is 1. The number of nitro benzene ring substituents is 1. The Morgan fingerprint density at radius 2 is 1.70 bits per heavy atom. The van der Waals surface area contributed by atoms with Gasteiger partial charge in [-0.15, -0.1) is 11.6 Å². The van der Waals surface area contributed by atoms with Crippen molar-refractivity contribution in [3.8, 4) is 0 Å². The monoisotopic (exact) mass is 306 g/mol. The van der Waals surface area contributed by atoms with Crippen LogP contribution in [0.25, 0.3) is 0 Å². The lowest BCUT2D eigenvalue weighted by Crippen LogP contribution is -2.14. The van der Waals surface area contributed by atoms with E-state index in [1.807, 2.05) is 20.8 Å². The summed E-state index contributed by atoms with van der Waals surface area (Å²) in [4.78, 5) is 19.5. The van der Waals surface area contributed by atoms with E-state index in [1.54, 1.807) is 12.1 Å². The van der Waals surface area contributed by atoms with Crippen LogP contribution in [0.3, 0.4) is 0 Å². The van der Waals surface area contributed by atoms with Crippen molar-refractivity contribution < 1.29 is 14.5 Å². The molecule has 0 aliphatic carbocycles. The number of nitro groups is 1. The first kappa shape index (κ1) is 23.4. The summed E-state index contributed by atoms with van der Waals surface area (Å²) in [5.41, 5.74) is 5.99. The van der Waals surface area contributed by atoms with Gasteiger partial charge in [0.05, 0.1) is 18.6 Å². The average molecular weight is 307 g/mol. The van der Waals surface area contributed by atoms with Crippen molar-refractivity contribution in [1.29, 1.82) is 0 Å². The Hall–Kier alpha value is -1.66. The van der Waals surface area contributed by atoms with Crippen LogP contribution in [-0.2, 0) is 9.53 Å². The fourth-order valence-electron chi connectivity index (χ4n) is 0.750. The standard InChI is InChI=1S/C7H7NO2.C3H7NO2.C2H6.CH3Cl/c1-6-2-4-7(5-3-6)8(9)10;1-6-3(5)2-4;2*1-2/h2-5H,1H3;2,4H2,1H3;1-2H3;1H3. The van der Waals surface area contributed by atoms with E-state index in [0.717, 1.165) is 5.56 Å². The van der Waals surface area contributed by atoms with Gasteiger partial charge in [-0.25, -0.2) is 0 Å². The molecule has 0 fully saturated rings. The molecular formula is C13H23ClN2O4. The molecular weight excluding hydrogens is 284 g/mol. The number of nitrogens with zero attached hydrogens (tertiary/aromatic N) is 1. The SMILES string of the molecule is CC.CCl.COC(=O)CN.Cc1ccc([N+](=O)[O-])cc1. The second-order valence-electron chi connectivity index (χ2n) is 2.87. The first-order valence-electron chi connectivity index (χ1n) is 5.87. The maximum Gasteiger partial charge on any atom is 0.319 e. The first-order valence-corrected chi connectivity index (χ1v) is 6.62. The number of carbonyl (C=O) groups is 1. The molecule has 0 bridgehead atoms. The third-order valence-electron chi connectivity index (χ3n) is 1.64. The number of carbonyl (C=O) groups excluding carboxylic acids is 1. The minimum absolute atomic E-state index is 0.0312. The van der Waals surface area contributed by atoms with Gasteiger partial charge in [0, 0.05) is 18.5 Å². The number of methoxy groups -OCH3 is 1. The topological polar surface area (TPSA) is 95.5 Å². The molecule has 1 rings (SSSR count). The smallest absolute Gasteiger partial charge is 0.319 e. The zero-order valence-corrected chi connectivity index (χ0v) is 13.3. The summed E-state index contributed by atoms with van der Waals surface area (Å²) in [6, 6.07) is 6.43. The van der Waals surface area contributed by atoms with Crippen molar-refractivity contribution in [2.75, 3.05) is 20.0 Å². The molecule has 0 aliphatic rings. The van der Waals surface area contributed by atoms with Crippen molar-refractivity contribution in [1.82, 2.24) is 0 Å². The predicted octanol–water partition coefficient (Wildman–Crippen LogP) is 2.90. The molecule has 0 saturated carbocycles. The number of esters is 1. The van der Waals surface area contributed by atoms with Crippen molar-refractivity contribution in [3.05, 3.63) is 39.9 Å². The van der Waals surface area contributed by atoms with Crippen LogP contribution in [0, 0.1) is 17.0 Å². The molecule has 0 aliphatic heterocycles. The zero-order chi connectivity index (χ0) is 16.6. The summed E-state index contributed by atoms with van der Waals surface area (Å²) in [5, 5.41) is 10.1. The fourth-order valence-corrected chi connectivity index (χ4v) is 0.750. The lowest BCUT2D eigenvalue weighted by Gasteiger charge is -1.90. The Bertz CT molecular complexity index is 350. The summed E-state index contributed by atoms with van der Waals surface area (Å²) in [6.45, 7) is 5.86. The van der Waals surface area contributed by atoms with E-state index in [9.17, 15) is 14.9 Å². The minimum atomic E-state index is -0.403. The molecule has 1 aromatic rings. The third-order valence-corrected chi connectivity index (χ3v) is 1.64. The molecule has 20 heavy (non-hydrogen) atoms. The van der Waals surface area contributed by atoms with Crippen molar-refractivity contribution in [3.63, 3.8) is 0 Å². The largest absolute Gasteiger partial charge is 0.468 e. The Morgan fingerprint density at radius 1 is 1.30 bits per heavy atom. The summed E-state index contributed by atoms with van der Waals surface area (Å²) in [6.07, 6.45) is 1.47. The highest BCUT2D eigenvalue weighted by molar-refractivity contribution is 6.15. The Morgan fingerprint density at radius 3 is 1.90 bits per heavy atom. The summed E-state index contributed by atoms with van der Waals surface area (Å²) in [7, 11) is 1.30. The van der Waals surface area contributed by atoms with Gasteiger partial charge < -0.3 is 10.5 Å². The molecule has 0 heterocycles. The number of rotatable bonds is 2. The van der Waals surface area contributed by atoms with Crippen LogP contribution in [0.1, 0.15) is 19.4 Å². The molecule has 0 saturated heterocycles. The second-order valence-corrected chi connectivity index (χ2v) is 2.87. The lowest BCUT2D eigenvalue weighted by molar-refractivity contribution is -0.384. The number of ether oxygens (including phenoxy) is 1. The molecule has 1 aromatic carbocycles. The van der Waals surface area contributed by atoms with Crippen LogP contribution < -0.4 is 5.73 Å². The van der Waals surface area contributed by atoms with E-state index in [2.05, 4.69) is 16.3 Å². The number of nitrogens with two attached hydrogens (primary N) is 1. The highest BCUT2D eigenvalue weighted by Crippen LogP contribution is 2.10. The molecule has 116 valence electrons. The van der Waals surface area contributed by atoms with Crippen molar-refractivity contribution >= 4 is 23.3 Å². The maximum absolute atomic E-state index is 10.1. The number of hydrogen-bond donors (Lipinski definition) is 1. The fraction of sp³-hybridized carbons (Fsp3) is 0.462. The zero-order valence-electron chi connectivity index (χ0n) is 12.6.